The fourth-order valence-electron chi connectivity index (χ4n) is 3.95. The Balaban J connectivity index is 1.81. The Kier molecular flexibility index (Phi) is 5.33. The first-order valence-corrected chi connectivity index (χ1v) is 9.67. The molecule has 1 N–H and O–H groups in total. The van der Waals surface area contributed by atoms with Gasteiger partial charge in [-0.05, 0) is 30.5 Å². The Morgan fingerprint density at radius 1 is 1.13 bits per heavy atom. The summed E-state index contributed by atoms with van der Waals surface area (Å²) >= 11 is 0. The molecule has 2 fully saturated rings. The summed E-state index contributed by atoms with van der Waals surface area (Å²) in [5, 5.41) is 21.9. The second-order valence-electron chi connectivity index (χ2n) is 7.30. The number of aliphatic hydroxyl groups excluding tert-OH is 1. The van der Waals surface area contributed by atoms with Crippen LogP contribution in [0.25, 0.3) is 5.76 Å². The van der Waals surface area contributed by atoms with Crippen molar-refractivity contribution < 1.29 is 24.4 Å². The number of amides is 1. The SMILES string of the molecule is O=C1C(=O)N(C[C@H]2CCCO2)[C@H](c2ccc([N+](=O)[O-])cc2)C1=C(O)c1ccccc1. The van der Waals surface area contributed by atoms with E-state index >= 15 is 0 Å². The molecule has 8 heteroatoms. The molecule has 2 aromatic rings. The lowest BCUT2D eigenvalue weighted by Crippen LogP contribution is -2.36. The molecule has 2 aliphatic rings. The van der Waals surface area contributed by atoms with Gasteiger partial charge in [0.05, 0.1) is 22.6 Å². The smallest absolute Gasteiger partial charge is 0.295 e. The van der Waals surface area contributed by atoms with Gasteiger partial charge in [-0.1, -0.05) is 30.3 Å². The monoisotopic (exact) mass is 408 g/mol. The van der Waals surface area contributed by atoms with Crippen molar-refractivity contribution in [3.63, 3.8) is 0 Å². The average Bonchev–Trinajstić information content (AvgIpc) is 3.36. The van der Waals surface area contributed by atoms with Gasteiger partial charge in [-0.3, -0.25) is 19.7 Å². The van der Waals surface area contributed by atoms with Crippen molar-refractivity contribution in [2.75, 3.05) is 13.2 Å². The number of rotatable bonds is 5. The fourth-order valence-corrected chi connectivity index (χ4v) is 3.95. The number of ether oxygens (including phenoxy) is 1. The maximum atomic E-state index is 12.9. The van der Waals surface area contributed by atoms with Gasteiger partial charge < -0.3 is 14.7 Å². The van der Waals surface area contributed by atoms with E-state index in [4.69, 9.17) is 4.74 Å². The largest absolute Gasteiger partial charge is 0.507 e. The van der Waals surface area contributed by atoms with Crippen LogP contribution >= 0.6 is 0 Å². The predicted octanol–water partition coefficient (Wildman–Crippen LogP) is 3.20. The van der Waals surface area contributed by atoms with Gasteiger partial charge in [0.1, 0.15) is 5.76 Å². The van der Waals surface area contributed by atoms with Crippen molar-refractivity contribution >= 4 is 23.1 Å². The van der Waals surface area contributed by atoms with Gasteiger partial charge in [0.2, 0.25) is 0 Å². The number of nitrogens with zero attached hydrogens (tertiary/aromatic N) is 2. The van der Waals surface area contributed by atoms with Crippen LogP contribution < -0.4 is 0 Å². The number of benzene rings is 2. The summed E-state index contributed by atoms with van der Waals surface area (Å²) in [6.45, 7) is 0.804. The number of aliphatic hydroxyl groups is 1. The summed E-state index contributed by atoms with van der Waals surface area (Å²) in [6, 6.07) is 13.3. The number of hydrogen-bond acceptors (Lipinski definition) is 6. The van der Waals surface area contributed by atoms with Crippen LogP contribution in [-0.4, -0.2) is 45.9 Å². The van der Waals surface area contributed by atoms with E-state index in [0.717, 1.165) is 12.8 Å². The summed E-state index contributed by atoms with van der Waals surface area (Å²) in [7, 11) is 0. The van der Waals surface area contributed by atoms with Crippen LogP contribution in [0.15, 0.2) is 60.2 Å². The van der Waals surface area contributed by atoms with Crippen molar-refractivity contribution in [1.82, 2.24) is 4.90 Å². The summed E-state index contributed by atoms with van der Waals surface area (Å²) < 4.78 is 5.64. The Hall–Kier alpha value is -3.52. The summed E-state index contributed by atoms with van der Waals surface area (Å²) in [5.41, 5.74) is 0.797. The Labute approximate surface area is 172 Å². The fraction of sp³-hybridized carbons (Fsp3) is 0.273. The van der Waals surface area contributed by atoms with E-state index in [1.54, 1.807) is 30.3 Å². The minimum atomic E-state index is -0.852. The molecule has 2 aliphatic heterocycles. The normalized spacial score (nSPS) is 23.1. The highest BCUT2D eigenvalue weighted by molar-refractivity contribution is 6.46. The summed E-state index contributed by atoms with van der Waals surface area (Å²) in [4.78, 5) is 37.7. The number of carbonyl (C=O) groups is 2. The minimum Gasteiger partial charge on any atom is -0.507 e. The zero-order valence-corrected chi connectivity index (χ0v) is 16.1. The first kappa shape index (κ1) is 19.8. The molecule has 154 valence electrons. The molecule has 2 heterocycles. The van der Waals surface area contributed by atoms with Gasteiger partial charge in [-0.15, -0.1) is 0 Å². The van der Waals surface area contributed by atoms with Gasteiger partial charge in [0, 0.05) is 30.8 Å². The zero-order chi connectivity index (χ0) is 21.3. The molecule has 0 radical (unpaired) electrons. The first-order chi connectivity index (χ1) is 14.5. The van der Waals surface area contributed by atoms with Crippen LogP contribution in [0.2, 0.25) is 0 Å². The lowest BCUT2D eigenvalue weighted by molar-refractivity contribution is -0.384. The predicted molar refractivity (Wildman–Crippen MR) is 108 cm³/mol. The highest BCUT2D eigenvalue weighted by atomic mass is 16.6. The standard InChI is InChI=1S/C22H20N2O6/c25-20(15-5-2-1-3-6-15)18-19(14-8-10-16(11-9-14)24(28)29)23(22(27)21(18)26)13-17-7-4-12-30-17/h1-3,5-6,8-11,17,19,25H,4,7,12-13H2/t17-,19-/m1/s1. The second kappa shape index (κ2) is 8.08. The number of non-ortho nitro benzene ring substituents is 1. The molecule has 2 aromatic carbocycles. The zero-order valence-electron chi connectivity index (χ0n) is 16.1. The van der Waals surface area contributed by atoms with E-state index in [1.807, 2.05) is 0 Å². The number of nitro benzene ring substituents is 1. The van der Waals surface area contributed by atoms with E-state index in [1.165, 1.54) is 29.2 Å². The Morgan fingerprint density at radius 3 is 2.43 bits per heavy atom. The molecule has 0 saturated carbocycles. The molecule has 2 atom stereocenters. The molecule has 0 bridgehead atoms. The average molecular weight is 408 g/mol. The molecule has 2 saturated heterocycles. The number of carbonyl (C=O) groups excluding carboxylic acids is 2. The molecule has 0 spiro atoms. The topological polar surface area (TPSA) is 110 Å². The van der Waals surface area contributed by atoms with Gasteiger partial charge >= 0.3 is 0 Å². The molecule has 4 rings (SSSR count). The first-order valence-electron chi connectivity index (χ1n) is 9.67. The van der Waals surface area contributed by atoms with Crippen molar-refractivity contribution in [2.45, 2.75) is 25.0 Å². The molecule has 8 nitrogen and oxygen atoms in total. The number of likely N-dealkylation sites (tertiary alicyclic amines) is 1. The third-order valence-corrected chi connectivity index (χ3v) is 5.43. The van der Waals surface area contributed by atoms with Gasteiger partial charge in [0.25, 0.3) is 17.4 Å². The van der Waals surface area contributed by atoms with Crippen LogP contribution in [0.3, 0.4) is 0 Å². The quantitative estimate of drug-likeness (QED) is 0.267. The second-order valence-corrected chi connectivity index (χ2v) is 7.30. The summed E-state index contributed by atoms with van der Waals surface area (Å²) in [5.74, 6) is -1.77. The molecule has 0 aliphatic carbocycles. The van der Waals surface area contributed by atoms with Crippen molar-refractivity contribution in [1.29, 1.82) is 0 Å². The van der Waals surface area contributed by atoms with Crippen LogP contribution in [0.5, 0.6) is 0 Å². The third-order valence-electron chi connectivity index (χ3n) is 5.43. The van der Waals surface area contributed by atoms with Crippen molar-refractivity contribution in [3.05, 3.63) is 81.4 Å². The molecule has 1 amide bonds. The van der Waals surface area contributed by atoms with Crippen LogP contribution in [0, 0.1) is 10.1 Å². The molecular weight excluding hydrogens is 388 g/mol. The Morgan fingerprint density at radius 2 is 1.83 bits per heavy atom. The highest BCUT2D eigenvalue weighted by Crippen LogP contribution is 2.40. The van der Waals surface area contributed by atoms with E-state index in [-0.39, 0.29) is 29.7 Å². The maximum Gasteiger partial charge on any atom is 0.295 e. The Bertz CT molecular complexity index is 1010. The number of nitro groups is 1. The van der Waals surface area contributed by atoms with E-state index in [0.29, 0.717) is 17.7 Å². The van der Waals surface area contributed by atoms with E-state index < -0.39 is 22.7 Å². The van der Waals surface area contributed by atoms with Gasteiger partial charge in [-0.25, -0.2) is 0 Å². The third kappa shape index (κ3) is 3.57. The van der Waals surface area contributed by atoms with Crippen molar-refractivity contribution in [3.8, 4) is 0 Å². The molecular formula is C22H20N2O6. The maximum absolute atomic E-state index is 12.9. The lowest BCUT2D eigenvalue weighted by atomic mass is 9.95. The van der Waals surface area contributed by atoms with Crippen molar-refractivity contribution in [2.24, 2.45) is 0 Å². The van der Waals surface area contributed by atoms with Crippen LogP contribution in [0.1, 0.15) is 30.0 Å². The highest BCUT2D eigenvalue weighted by Gasteiger charge is 2.47. The van der Waals surface area contributed by atoms with Gasteiger partial charge in [-0.2, -0.15) is 0 Å². The number of hydrogen-bond donors (Lipinski definition) is 1. The molecule has 30 heavy (non-hydrogen) atoms. The summed E-state index contributed by atoms with van der Waals surface area (Å²) in [6.07, 6.45) is 1.45. The van der Waals surface area contributed by atoms with Crippen LogP contribution in [-0.2, 0) is 14.3 Å². The van der Waals surface area contributed by atoms with Gasteiger partial charge in [0.15, 0.2) is 0 Å². The molecule has 0 unspecified atom stereocenters. The van der Waals surface area contributed by atoms with Crippen LogP contribution in [0.4, 0.5) is 5.69 Å². The minimum absolute atomic E-state index is 0.0296. The number of ketones is 1. The number of Topliss-reactive ketones (excluding diaryl/α,β-unsaturated/α-hetero) is 1. The molecule has 0 aromatic heterocycles. The van der Waals surface area contributed by atoms with E-state index in [2.05, 4.69) is 0 Å². The lowest BCUT2D eigenvalue weighted by Gasteiger charge is -2.27. The van der Waals surface area contributed by atoms with E-state index in [9.17, 15) is 24.8 Å².